The molecule has 0 bridgehead atoms. The molecule has 138 valence electrons. The molecule has 8 heteroatoms. The van der Waals surface area contributed by atoms with E-state index in [2.05, 4.69) is 15.5 Å². The predicted octanol–water partition coefficient (Wildman–Crippen LogP) is 3.89. The van der Waals surface area contributed by atoms with Crippen LogP contribution < -0.4 is 5.32 Å². The van der Waals surface area contributed by atoms with Gasteiger partial charge in [-0.1, -0.05) is 35.4 Å². The molecule has 3 rings (SSSR count). The summed E-state index contributed by atoms with van der Waals surface area (Å²) >= 11 is 5.95. The van der Waals surface area contributed by atoms with Crippen LogP contribution in [0.2, 0.25) is 5.02 Å². The van der Waals surface area contributed by atoms with Gasteiger partial charge in [0.1, 0.15) is 6.54 Å². The van der Waals surface area contributed by atoms with E-state index in [-0.39, 0.29) is 23.7 Å². The van der Waals surface area contributed by atoms with E-state index in [4.69, 9.17) is 11.6 Å². The van der Waals surface area contributed by atoms with Crippen LogP contribution in [-0.4, -0.2) is 28.0 Å². The van der Waals surface area contributed by atoms with Crippen LogP contribution in [-0.2, 0) is 11.8 Å². The lowest BCUT2D eigenvalue weighted by molar-refractivity contribution is -0.117. The topological polar surface area (TPSA) is 96.1 Å². The summed E-state index contributed by atoms with van der Waals surface area (Å²) in [6.45, 7) is 1.58. The molecule has 0 atom stereocenters. The minimum absolute atomic E-state index is 0.0905. The summed E-state index contributed by atoms with van der Waals surface area (Å²) < 4.78 is 1.56. The van der Waals surface area contributed by atoms with Crippen LogP contribution in [0.3, 0.4) is 0 Å². The van der Waals surface area contributed by atoms with Crippen molar-refractivity contribution in [1.82, 2.24) is 9.88 Å². The monoisotopic (exact) mass is 384 g/mol. The fourth-order valence-electron chi connectivity index (χ4n) is 2.66. The Morgan fingerprint density at radius 2 is 1.96 bits per heavy atom. The standard InChI is InChI=1S/C19H17ClN4O3/c1-11-7-8-15-13(9-11)17(19(27)24(15)2)23-22-16(25)10-21-18(26)12-5-3-4-6-14(12)20/h3-9,27H,10H2,1-2H3,(H,21,26). The maximum Gasteiger partial charge on any atom is 0.283 e. The number of aromatic nitrogens is 1. The zero-order valence-electron chi connectivity index (χ0n) is 14.7. The largest absolute Gasteiger partial charge is 0.493 e. The molecule has 0 saturated heterocycles. The zero-order valence-corrected chi connectivity index (χ0v) is 15.5. The second-order valence-corrected chi connectivity index (χ2v) is 6.42. The highest BCUT2D eigenvalue weighted by atomic mass is 35.5. The zero-order chi connectivity index (χ0) is 19.6. The van der Waals surface area contributed by atoms with Crippen molar-refractivity contribution in [1.29, 1.82) is 0 Å². The van der Waals surface area contributed by atoms with E-state index >= 15 is 0 Å². The number of fused-ring (bicyclic) bond motifs is 1. The number of halogens is 1. The van der Waals surface area contributed by atoms with E-state index in [0.717, 1.165) is 11.1 Å². The van der Waals surface area contributed by atoms with E-state index < -0.39 is 11.8 Å². The van der Waals surface area contributed by atoms with Crippen LogP contribution in [0.25, 0.3) is 10.9 Å². The molecule has 0 aliphatic rings. The van der Waals surface area contributed by atoms with Gasteiger partial charge in [0.25, 0.3) is 11.8 Å². The number of benzene rings is 2. The van der Waals surface area contributed by atoms with Gasteiger partial charge in [0.15, 0.2) is 5.69 Å². The molecule has 0 aliphatic heterocycles. The van der Waals surface area contributed by atoms with Crippen molar-refractivity contribution in [2.75, 3.05) is 6.54 Å². The Balaban J connectivity index is 1.73. The van der Waals surface area contributed by atoms with Crippen LogP contribution in [0, 0.1) is 6.92 Å². The van der Waals surface area contributed by atoms with E-state index in [1.807, 2.05) is 25.1 Å². The van der Waals surface area contributed by atoms with E-state index in [0.29, 0.717) is 10.4 Å². The van der Waals surface area contributed by atoms with Crippen LogP contribution in [0.15, 0.2) is 52.7 Å². The minimum Gasteiger partial charge on any atom is -0.493 e. The molecule has 27 heavy (non-hydrogen) atoms. The highest BCUT2D eigenvalue weighted by molar-refractivity contribution is 6.33. The SMILES string of the molecule is Cc1ccc2c(c1)c(N=NC(=O)CNC(=O)c1ccccc1Cl)c(O)n2C. The van der Waals surface area contributed by atoms with Crippen molar-refractivity contribution >= 4 is 40.0 Å². The number of carbonyl (C=O) groups is 2. The molecule has 2 N–H and O–H groups in total. The van der Waals surface area contributed by atoms with E-state index in [9.17, 15) is 14.7 Å². The van der Waals surface area contributed by atoms with Crippen molar-refractivity contribution in [3.05, 3.63) is 58.6 Å². The summed E-state index contributed by atoms with van der Waals surface area (Å²) in [7, 11) is 1.69. The Kier molecular flexibility index (Phi) is 5.23. The number of hydrogen-bond acceptors (Lipinski definition) is 4. The van der Waals surface area contributed by atoms with Gasteiger partial charge < -0.3 is 15.0 Å². The van der Waals surface area contributed by atoms with Gasteiger partial charge in [0, 0.05) is 12.4 Å². The fraction of sp³-hybridized carbons (Fsp3) is 0.158. The molecule has 3 aromatic rings. The van der Waals surface area contributed by atoms with Gasteiger partial charge in [0.2, 0.25) is 5.88 Å². The molecule has 0 saturated carbocycles. The molecule has 0 radical (unpaired) electrons. The van der Waals surface area contributed by atoms with Gasteiger partial charge >= 0.3 is 0 Å². The average molecular weight is 385 g/mol. The van der Waals surface area contributed by atoms with Crippen molar-refractivity contribution in [2.45, 2.75) is 6.92 Å². The van der Waals surface area contributed by atoms with Crippen molar-refractivity contribution in [2.24, 2.45) is 17.3 Å². The molecule has 1 aromatic heterocycles. The van der Waals surface area contributed by atoms with Crippen LogP contribution in [0.1, 0.15) is 15.9 Å². The van der Waals surface area contributed by atoms with Gasteiger partial charge in [-0.25, -0.2) is 0 Å². The number of amides is 2. The number of azo groups is 1. The van der Waals surface area contributed by atoms with Gasteiger partial charge in [0.05, 0.1) is 16.1 Å². The lowest BCUT2D eigenvalue weighted by Gasteiger charge is -2.03. The highest BCUT2D eigenvalue weighted by Gasteiger charge is 2.15. The number of nitrogens with zero attached hydrogens (tertiary/aromatic N) is 3. The van der Waals surface area contributed by atoms with Gasteiger partial charge in [-0.3, -0.25) is 9.59 Å². The van der Waals surface area contributed by atoms with Crippen molar-refractivity contribution in [3.8, 4) is 5.88 Å². The smallest absolute Gasteiger partial charge is 0.283 e. The van der Waals surface area contributed by atoms with Gasteiger partial charge in [-0.05, 0) is 31.2 Å². The summed E-state index contributed by atoms with van der Waals surface area (Å²) in [6.07, 6.45) is 0. The normalized spacial score (nSPS) is 11.2. The minimum atomic E-state index is -0.653. The highest BCUT2D eigenvalue weighted by Crippen LogP contribution is 2.38. The second-order valence-electron chi connectivity index (χ2n) is 6.01. The maximum absolute atomic E-state index is 12.1. The summed E-state index contributed by atoms with van der Waals surface area (Å²) in [6, 6.07) is 12.1. The molecule has 2 amide bonds. The Morgan fingerprint density at radius 3 is 2.70 bits per heavy atom. The number of nitrogens with one attached hydrogen (secondary N) is 1. The Hall–Kier alpha value is -3.19. The average Bonchev–Trinajstić information content (AvgIpc) is 2.88. The van der Waals surface area contributed by atoms with Gasteiger partial charge in [-0.15, -0.1) is 10.2 Å². The molecule has 0 spiro atoms. The first-order valence-corrected chi connectivity index (χ1v) is 8.51. The molecule has 0 fully saturated rings. The van der Waals surface area contributed by atoms with Crippen molar-refractivity contribution in [3.63, 3.8) is 0 Å². The first kappa shape index (κ1) is 18.6. The predicted molar refractivity (Wildman–Crippen MR) is 103 cm³/mol. The number of carbonyl (C=O) groups excluding carboxylic acids is 2. The Bertz CT molecular complexity index is 1070. The molecule has 2 aromatic carbocycles. The summed E-state index contributed by atoms with van der Waals surface area (Å²) in [4.78, 5) is 24.0. The summed E-state index contributed by atoms with van der Waals surface area (Å²) in [5.74, 6) is -1.22. The molecule has 7 nitrogen and oxygen atoms in total. The number of aryl methyl sites for hydroxylation is 2. The number of rotatable bonds is 4. The third-order valence-electron chi connectivity index (χ3n) is 4.08. The maximum atomic E-state index is 12.1. The lowest BCUT2D eigenvalue weighted by Crippen LogP contribution is -2.28. The van der Waals surface area contributed by atoms with Crippen LogP contribution in [0.5, 0.6) is 5.88 Å². The first-order chi connectivity index (χ1) is 12.9. The summed E-state index contributed by atoms with van der Waals surface area (Å²) in [5, 5.41) is 21.2. The number of hydrogen-bond donors (Lipinski definition) is 2. The molecule has 0 aliphatic carbocycles. The molecular weight excluding hydrogens is 368 g/mol. The third-order valence-corrected chi connectivity index (χ3v) is 4.41. The third kappa shape index (κ3) is 3.83. The second kappa shape index (κ2) is 7.59. The van der Waals surface area contributed by atoms with Crippen molar-refractivity contribution < 1.29 is 14.7 Å². The van der Waals surface area contributed by atoms with E-state index in [1.54, 1.807) is 35.9 Å². The number of aromatic hydroxyl groups is 1. The quantitative estimate of drug-likeness (QED) is 0.668. The lowest BCUT2D eigenvalue weighted by atomic mass is 10.1. The molecule has 0 unspecified atom stereocenters. The van der Waals surface area contributed by atoms with E-state index in [1.165, 1.54) is 0 Å². The van der Waals surface area contributed by atoms with Crippen LogP contribution >= 0.6 is 11.6 Å². The fourth-order valence-corrected chi connectivity index (χ4v) is 2.88. The molecular formula is C19H17ClN4O3. The Labute approximate surface area is 160 Å². The van der Waals surface area contributed by atoms with Gasteiger partial charge in [-0.2, -0.15) is 0 Å². The summed E-state index contributed by atoms with van der Waals surface area (Å²) in [5.41, 5.74) is 2.24. The first-order valence-electron chi connectivity index (χ1n) is 8.13. The van der Waals surface area contributed by atoms with Crippen LogP contribution in [0.4, 0.5) is 5.69 Å². The Morgan fingerprint density at radius 1 is 1.22 bits per heavy atom. The molecule has 1 heterocycles.